The molecule has 0 fully saturated rings. The number of alkyl halides is 4. The molecular weight excluding hydrogens is 315 g/mol. The summed E-state index contributed by atoms with van der Waals surface area (Å²) in [4.78, 5) is 11.1. The van der Waals surface area contributed by atoms with Gasteiger partial charge in [0.05, 0.1) is 21.5 Å². The average molecular weight is 319 g/mol. The molecule has 0 amide bonds. The Balaban J connectivity index is 3.35. The van der Waals surface area contributed by atoms with Gasteiger partial charge in [0, 0.05) is 0 Å². The van der Waals surface area contributed by atoms with Gasteiger partial charge < -0.3 is 0 Å². The number of hydrogen-bond acceptors (Lipinski definition) is 1. The van der Waals surface area contributed by atoms with Crippen LogP contribution in [0.2, 0.25) is 0 Å². The van der Waals surface area contributed by atoms with Gasteiger partial charge >= 0.3 is 6.18 Å². The summed E-state index contributed by atoms with van der Waals surface area (Å²) in [6.07, 6.45) is -4.68. The predicted octanol–water partition coefficient (Wildman–Crippen LogP) is 4.03. The Morgan fingerprint density at radius 2 is 1.94 bits per heavy atom. The second-order valence-corrected chi connectivity index (χ2v) is 3.90. The molecule has 0 radical (unpaired) electrons. The molecule has 1 rings (SSSR count). The molecule has 1 aromatic carbocycles. The lowest BCUT2D eigenvalue weighted by atomic mass is 10.1. The average Bonchev–Trinajstić information content (AvgIpc) is 2.19. The molecule has 0 spiro atoms. The van der Waals surface area contributed by atoms with Crippen LogP contribution >= 0.6 is 27.5 Å². The summed E-state index contributed by atoms with van der Waals surface area (Å²) in [5, 5.41) is 0. The first-order valence-electron chi connectivity index (χ1n) is 3.93. The zero-order valence-electron chi connectivity index (χ0n) is 7.54. The number of ketones is 1. The van der Waals surface area contributed by atoms with Crippen molar-refractivity contribution in [3.8, 4) is 0 Å². The van der Waals surface area contributed by atoms with Crippen molar-refractivity contribution in [1.29, 1.82) is 0 Å². The lowest BCUT2D eigenvalue weighted by Crippen LogP contribution is -2.11. The molecule has 0 atom stereocenters. The van der Waals surface area contributed by atoms with Gasteiger partial charge in [0.1, 0.15) is 5.82 Å². The number of Topliss-reactive ketones (excluding diaryl/α,β-unsaturated/α-hetero) is 1. The van der Waals surface area contributed by atoms with Crippen molar-refractivity contribution in [2.75, 3.05) is 5.88 Å². The van der Waals surface area contributed by atoms with Gasteiger partial charge in [0.25, 0.3) is 0 Å². The summed E-state index contributed by atoms with van der Waals surface area (Å²) in [6.45, 7) is 0. The molecule has 0 saturated carbocycles. The van der Waals surface area contributed by atoms with Crippen molar-refractivity contribution in [1.82, 2.24) is 0 Å². The monoisotopic (exact) mass is 318 g/mol. The molecule has 16 heavy (non-hydrogen) atoms. The summed E-state index contributed by atoms with van der Waals surface area (Å²) < 4.78 is 49.6. The van der Waals surface area contributed by atoms with E-state index in [2.05, 4.69) is 15.9 Å². The van der Waals surface area contributed by atoms with Crippen LogP contribution in [0.5, 0.6) is 0 Å². The Hall–Kier alpha value is -0.620. The molecule has 0 aromatic heterocycles. The van der Waals surface area contributed by atoms with Crippen LogP contribution in [-0.4, -0.2) is 11.7 Å². The summed E-state index contributed by atoms with van der Waals surface area (Å²) >= 11 is 7.66. The smallest absolute Gasteiger partial charge is 0.293 e. The van der Waals surface area contributed by atoms with Crippen LogP contribution in [0.4, 0.5) is 17.6 Å². The number of rotatable bonds is 2. The highest BCUT2D eigenvalue weighted by atomic mass is 79.9. The van der Waals surface area contributed by atoms with Crippen LogP contribution in [0.15, 0.2) is 16.6 Å². The first-order valence-corrected chi connectivity index (χ1v) is 5.26. The van der Waals surface area contributed by atoms with Gasteiger partial charge in [0.2, 0.25) is 0 Å². The minimum atomic E-state index is -4.68. The molecule has 0 unspecified atom stereocenters. The second-order valence-electron chi connectivity index (χ2n) is 2.84. The number of carbonyl (C=O) groups excluding carboxylic acids is 1. The van der Waals surface area contributed by atoms with E-state index in [-0.39, 0.29) is 0 Å². The van der Waals surface area contributed by atoms with E-state index >= 15 is 0 Å². The van der Waals surface area contributed by atoms with Crippen LogP contribution in [0.1, 0.15) is 15.9 Å². The molecule has 1 aromatic rings. The molecule has 0 saturated heterocycles. The van der Waals surface area contributed by atoms with E-state index in [4.69, 9.17) is 11.6 Å². The van der Waals surface area contributed by atoms with Crippen molar-refractivity contribution < 1.29 is 22.4 Å². The molecule has 0 aliphatic carbocycles. The lowest BCUT2D eigenvalue weighted by molar-refractivity contribution is -0.138. The van der Waals surface area contributed by atoms with Crippen LogP contribution in [0.25, 0.3) is 0 Å². The summed E-state index contributed by atoms with van der Waals surface area (Å²) in [5.41, 5.74) is -1.63. The van der Waals surface area contributed by atoms with Gasteiger partial charge in [-0.1, -0.05) is 0 Å². The van der Waals surface area contributed by atoms with Crippen molar-refractivity contribution in [3.63, 3.8) is 0 Å². The Morgan fingerprint density at radius 3 is 2.38 bits per heavy atom. The van der Waals surface area contributed by atoms with Crippen LogP contribution in [-0.2, 0) is 6.18 Å². The quantitative estimate of drug-likeness (QED) is 0.457. The Morgan fingerprint density at radius 1 is 1.38 bits per heavy atom. The third kappa shape index (κ3) is 2.55. The Kier molecular flexibility index (Phi) is 3.96. The van der Waals surface area contributed by atoms with Gasteiger partial charge in [-0.3, -0.25) is 4.79 Å². The van der Waals surface area contributed by atoms with Gasteiger partial charge in [-0.05, 0) is 28.1 Å². The van der Waals surface area contributed by atoms with Crippen molar-refractivity contribution in [3.05, 3.63) is 33.5 Å². The maximum Gasteiger partial charge on any atom is 0.417 e. The molecule has 0 bridgehead atoms. The van der Waals surface area contributed by atoms with Crippen molar-refractivity contribution in [2.45, 2.75) is 6.18 Å². The molecule has 0 heterocycles. The van der Waals surface area contributed by atoms with Crippen molar-refractivity contribution in [2.24, 2.45) is 0 Å². The number of hydrogen-bond donors (Lipinski definition) is 0. The van der Waals surface area contributed by atoms with E-state index < -0.39 is 39.3 Å². The predicted molar refractivity (Wildman–Crippen MR) is 54.2 cm³/mol. The zero-order chi connectivity index (χ0) is 12.5. The highest BCUT2D eigenvalue weighted by molar-refractivity contribution is 9.10. The van der Waals surface area contributed by atoms with E-state index in [9.17, 15) is 22.4 Å². The minimum absolute atomic E-state index is 0.463. The number of carbonyl (C=O) groups is 1. The molecule has 0 aliphatic heterocycles. The van der Waals surface area contributed by atoms with E-state index in [0.717, 1.165) is 6.07 Å². The normalized spacial score (nSPS) is 11.6. The minimum Gasteiger partial charge on any atom is -0.293 e. The number of halogens is 6. The third-order valence-corrected chi connectivity index (χ3v) is 2.83. The fourth-order valence-corrected chi connectivity index (χ4v) is 1.77. The topological polar surface area (TPSA) is 17.1 Å². The second kappa shape index (κ2) is 4.71. The van der Waals surface area contributed by atoms with E-state index in [1.54, 1.807) is 0 Å². The lowest BCUT2D eigenvalue weighted by Gasteiger charge is -2.11. The fraction of sp³-hybridized carbons (Fsp3) is 0.222. The maximum atomic E-state index is 13.4. The molecule has 0 aliphatic rings. The van der Waals surface area contributed by atoms with Crippen LogP contribution < -0.4 is 0 Å². The van der Waals surface area contributed by atoms with Gasteiger partial charge in [-0.25, -0.2) is 4.39 Å². The van der Waals surface area contributed by atoms with Crippen molar-refractivity contribution >= 4 is 33.3 Å². The molecule has 1 nitrogen and oxygen atoms in total. The van der Waals surface area contributed by atoms with Crippen LogP contribution in [0, 0.1) is 5.82 Å². The Bertz CT molecular complexity index is 430. The maximum absolute atomic E-state index is 13.4. The molecule has 0 N–H and O–H groups in total. The molecular formula is C9H4BrClF4O. The molecule has 7 heteroatoms. The highest BCUT2D eigenvalue weighted by Gasteiger charge is 2.35. The van der Waals surface area contributed by atoms with Crippen LogP contribution in [0.3, 0.4) is 0 Å². The molecule has 88 valence electrons. The largest absolute Gasteiger partial charge is 0.417 e. The summed E-state index contributed by atoms with van der Waals surface area (Å²) in [6, 6.07) is 1.40. The van der Waals surface area contributed by atoms with E-state index in [1.807, 2.05) is 0 Å². The number of benzene rings is 1. The first-order chi connectivity index (χ1) is 7.29. The third-order valence-electron chi connectivity index (χ3n) is 1.81. The standard InChI is InChI=1S/C9H4BrClF4O/c10-7-5(9(13,14)15)2-1-4(8(7)12)6(16)3-11/h1-2H,3H2. The first kappa shape index (κ1) is 13.4. The Labute approximate surface area is 102 Å². The van der Waals surface area contributed by atoms with Gasteiger partial charge in [-0.15, -0.1) is 11.6 Å². The van der Waals surface area contributed by atoms with E-state index in [1.165, 1.54) is 0 Å². The van der Waals surface area contributed by atoms with E-state index in [0.29, 0.717) is 6.07 Å². The fourth-order valence-electron chi connectivity index (χ4n) is 1.06. The zero-order valence-corrected chi connectivity index (χ0v) is 9.88. The SMILES string of the molecule is O=C(CCl)c1ccc(C(F)(F)F)c(Br)c1F. The summed E-state index contributed by atoms with van der Waals surface area (Å²) in [5.74, 6) is -2.51. The highest BCUT2D eigenvalue weighted by Crippen LogP contribution is 2.37. The van der Waals surface area contributed by atoms with Gasteiger partial charge in [-0.2, -0.15) is 13.2 Å². The van der Waals surface area contributed by atoms with Gasteiger partial charge in [0.15, 0.2) is 5.78 Å². The summed E-state index contributed by atoms with van der Waals surface area (Å²) in [7, 11) is 0.